The van der Waals surface area contributed by atoms with Crippen LogP contribution in [0, 0.1) is 0 Å². The fourth-order valence-corrected chi connectivity index (χ4v) is 1.62. The third-order valence-electron chi connectivity index (χ3n) is 2.45. The quantitative estimate of drug-likeness (QED) is 0.718. The molecule has 3 rings (SSSR count). The third-order valence-corrected chi connectivity index (χ3v) is 2.45. The van der Waals surface area contributed by atoms with E-state index in [4.69, 9.17) is 0 Å². The average Bonchev–Trinajstić information content (AvgIpc) is 2.96. The molecule has 0 spiro atoms. The maximum Gasteiger partial charge on any atom is 0.276 e. The zero-order chi connectivity index (χ0) is 12.5. The highest BCUT2D eigenvalue weighted by Crippen LogP contribution is 2.07. The number of aryl methyl sites for hydroxylation is 1. The Kier molecular flexibility index (Phi) is 2.30. The molecule has 7 heteroatoms. The summed E-state index contributed by atoms with van der Waals surface area (Å²) >= 11 is 0. The molecule has 0 saturated heterocycles. The minimum absolute atomic E-state index is 0.279. The maximum absolute atomic E-state index is 11.9. The van der Waals surface area contributed by atoms with E-state index in [1.807, 2.05) is 0 Å². The molecule has 0 aliphatic heterocycles. The van der Waals surface area contributed by atoms with Gasteiger partial charge in [-0.3, -0.25) is 9.48 Å². The van der Waals surface area contributed by atoms with Gasteiger partial charge in [-0.25, -0.2) is 9.50 Å². The average molecular weight is 242 g/mol. The first-order chi connectivity index (χ1) is 8.72. The van der Waals surface area contributed by atoms with Crippen molar-refractivity contribution in [2.45, 2.75) is 0 Å². The van der Waals surface area contributed by atoms with Crippen LogP contribution in [0.1, 0.15) is 10.5 Å². The number of anilines is 1. The summed E-state index contributed by atoms with van der Waals surface area (Å²) in [4.78, 5) is 16.0. The molecule has 0 aromatic carbocycles. The van der Waals surface area contributed by atoms with Crippen molar-refractivity contribution in [3.05, 3.63) is 42.6 Å². The lowest BCUT2D eigenvalue weighted by Gasteiger charge is -2.01. The molecule has 0 fully saturated rings. The predicted molar refractivity (Wildman–Crippen MR) is 64.1 cm³/mol. The second-order valence-corrected chi connectivity index (χ2v) is 3.81. The highest BCUT2D eigenvalue weighted by molar-refractivity contribution is 6.02. The Morgan fingerprint density at radius 3 is 3.06 bits per heavy atom. The SMILES string of the molecule is Cn1cc(NC(=O)c2ccc3nccn3n2)cn1. The molecule has 0 aliphatic rings. The molecule has 0 saturated carbocycles. The van der Waals surface area contributed by atoms with Crippen molar-refractivity contribution < 1.29 is 4.79 Å². The minimum atomic E-state index is -0.279. The number of carbonyl (C=O) groups is 1. The highest BCUT2D eigenvalue weighted by Gasteiger charge is 2.09. The maximum atomic E-state index is 11.9. The Morgan fingerprint density at radius 2 is 2.28 bits per heavy atom. The van der Waals surface area contributed by atoms with Crippen LogP contribution in [0.4, 0.5) is 5.69 Å². The molecule has 18 heavy (non-hydrogen) atoms. The van der Waals surface area contributed by atoms with Gasteiger partial charge in [-0.2, -0.15) is 10.2 Å². The molecule has 90 valence electrons. The molecule has 0 radical (unpaired) electrons. The van der Waals surface area contributed by atoms with Gasteiger partial charge in [-0.05, 0) is 12.1 Å². The molecule has 0 atom stereocenters. The number of fused-ring (bicyclic) bond motifs is 1. The van der Waals surface area contributed by atoms with Crippen LogP contribution in [0.5, 0.6) is 0 Å². The summed E-state index contributed by atoms with van der Waals surface area (Å²) in [6.45, 7) is 0. The van der Waals surface area contributed by atoms with E-state index in [1.54, 1.807) is 53.2 Å². The largest absolute Gasteiger partial charge is 0.318 e. The fraction of sp³-hybridized carbons (Fsp3) is 0.0909. The van der Waals surface area contributed by atoms with Crippen LogP contribution in [0.3, 0.4) is 0 Å². The second kappa shape index (κ2) is 3.95. The molecular weight excluding hydrogens is 232 g/mol. The van der Waals surface area contributed by atoms with Crippen LogP contribution in [0.15, 0.2) is 36.9 Å². The van der Waals surface area contributed by atoms with Gasteiger partial charge in [0, 0.05) is 25.6 Å². The Labute approximate surface area is 102 Å². The summed E-state index contributed by atoms with van der Waals surface area (Å²) in [6.07, 6.45) is 6.61. The molecule has 1 amide bonds. The molecule has 3 aromatic rings. The number of hydrogen-bond acceptors (Lipinski definition) is 4. The lowest BCUT2D eigenvalue weighted by molar-refractivity contribution is 0.102. The molecule has 1 N–H and O–H groups in total. The van der Waals surface area contributed by atoms with Crippen molar-refractivity contribution in [3.8, 4) is 0 Å². The number of carbonyl (C=O) groups excluding carboxylic acids is 1. The van der Waals surface area contributed by atoms with Crippen molar-refractivity contribution in [2.24, 2.45) is 7.05 Å². The lowest BCUT2D eigenvalue weighted by Crippen LogP contribution is -2.14. The number of aromatic nitrogens is 5. The van der Waals surface area contributed by atoms with E-state index in [2.05, 4.69) is 20.5 Å². The van der Waals surface area contributed by atoms with E-state index in [0.29, 0.717) is 17.0 Å². The smallest absolute Gasteiger partial charge is 0.276 e. The fourth-order valence-electron chi connectivity index (χ4n) is 1.62. The van der Waals surface area contributed by atoms with Gasteiger partial charge >= 0.3 is 0 Å². The van der Waals surface area contributed by atoms with Gasteiger partial charge in [0.2, 0.25) is 0 Å². The van der Waals surface area contributed by atoms with Gasteiger partial charge in [-0.15, -0.1) is 0 Å². The van der Waals surface area contributed by atoms with E-state index in [1.165, 1.54) is 0 Å². The van der Waals surface area contributed by atoms with Gasteiger partial charge in [0.25, 0.3) is 5.91 Å². The summed E-state index contributed by atoms with van der Waals surface area (Å²) in [6, 6.07) is 3.37. The number of imidazole rings is 1. The number of nitrogens with zero attached hydrogens (tertiary/aromatic N) is 5. The predicted octanol–water partition coefficient (Wildman–Crippen LogP) is 0.715. The summed E-state index contributed by atoms with van der Waals surface area (Å²) in [7, 11) is 1.78. The first-order valence-electron chi connectivity index (χ1n) is 5.33. The van der Waals surface area contributed by atoms with Crippen molar-refractivity contribution >= 4 is 17.2 Å². The van der Waals surface area contributed by atoms with Crippen LogP contribution < -0.4 is 5.32 Å². The molecular formula is C11H10N6O. The van der Waals surface area contributed by atoms with Crippen molar-refractivity contribution in [3.63, 3.8) is 0 Å². The molecule has 0 aliphatic carbocycles. The summed E-state index contributed by atoms with van der Waals surface area (Å²) in [5.41, 5.74) is 1.66. The van der Waals surface area contributed by atoms with E-state index in [-0.39, 0.29) is 5.91 Å². The summed E-state index contributed by atoms with van der Waals surface area (Å²) in [5.74, 6) is -0.279. The van der Waals surface area contributed by atoms with Crippen LogP contribution in [0.25, 0.3) is 5.65 Å². The molecule has 3 heterocycles. The first kappa shape index (κ1) is 10.5. The Bertz CT molecular complexity index is 713. The molecule has 3 aromatic heterocycles. The lowest BCUT2D eigenvalue weighted by atomic mass is 10.3. The monoisotopic (exact) mass is 242 g/mol. The number of nitrogens with one attached hydrogen (secondary N) is 1. The normalized spacial score (nSPS) is 10.7. The zero-order valence-electron chi connectivity index (χ0n) is 9.61. The van der Waals surface area contributed by atoms with E-state index >= 15 is 0 Å². The molecule has 0 unspecified atom stereocenters. The highest BCUT2D eigenvalue weighted by atomic mass is 16.1. The molecule has 0 bridgehead atoms. The Morgan fingerprint density at radius 1 is 1.39 bits per heavy atom. The van der Waals surface area contributed by atoms with E-state index < -0.39 is 0 Å². The minimum Gasteiger partial charge on any atom is -0.318 e. The zero-order valence-corrected chi connectivity index (χ0v) is 9.61. The van der Waals surface area contributed by atoms with E-state index in [9.17, 15) is 4.79 Å². The van der Waals surface area contributed by atoms with Crippen LogP contribution in [-0.4, -0.2) is 30.3 Å². The van der Waals surface area contributed by atoms with Gasteiger partial charge in [0.1, 0.15) is 5.69 Å². The Balaban J connectivity index is 1.87. The summed E-state index contributed by atoms with van der Waals surface area (Å²) in [5, 5.41) is 10.8. The number of amides is 1. The molecule has 7 nitrogen and oxygen atoms in total. The Hall–Kier alpha value is -2.70. The first-order valence-corrected chi connectivity index (χ1v) is 5.33. The second-order valence-electron chi connectivity index (χ2n) is 3.81. The van der Waals surface area contributed by atoms with Gasteiger partial charge in [0.15, 0.2) is 5.65 Å². The van der Waals surface area contributed by atoms with Crippen molar-refractivity contribution in [1.82, 2.24) is 24.4 Å². The van der Waals surface area contributed by atoms with Crippen LogP contribution >= 0.6 is 0 Å². The van der Waals surface area contributed by atoms with Crippen molar-refractivity contribution in [1.29, 1.82) is 0 Å². The summed E-state index contributed by atoms with van der Waals surface area (Å²) < 4.78 is 3.17. The van der Waals surface area contributed by atoms with E-state index in [0.717, 1.165) is 0 Å². The van der Waals surface area contributed by atoms with Gasteiger partial charge < -0.3 is 5.32 Å². The third kappa shape index (κ3) is 1.81. The standard InChI is InChI=1S/C11H10N6O/c1-16-7-8(6-13-16)14-11(18)9-2-3-10-12-4-5-17(10)15-9/h2-7H,1H3,(H,14,18). The van der Waals surface area contributed by atoms with Crippen LogP contribution in [-0.2, 0) is 7.05 Å². The topological polar surface area (TPSA) is 77.1 Å². The van der Waals surface area contributed by atoms with Crippen molar-refractivity contribution in [2.75, 3.05) is 5.32 Å². The number of hydrogen-bond donors (Lipinski definition) is 1. The van der Waals surface area contributed by atoms with Gasteiger partial charge in [-0.1, -0.05) is 0 Å². The van der Waals surface area contributed by atoms with Crippen LogP contribution in [0.2, 0.25) is 0 Å². The van der Waals surface area contributed by atoms with Gasteiger partial charge in [0.05, 0.1) is 11.9 Å². The number of rotatable bonds is 2.